The van der Waals surface area contributed by atoms with E-state index in [4.69, 9.17) is 6.15 Å². The van der Waals surface area contributed by atoms with E-state index in [0.29, 0.717) is 17.3 Å². The lowest BCUT2D eigenvalue weighted by Gasteiger charge is -2.12. The Kier molecular flexibility index (Phi) is 4.39. The maximum absolute atomic E-state index is 11.8. The van der Waals surface area contributed by atoms with Crippen LogP contribution in [0.25, 0.3) is 0 Å². The fourth-order valence-electron chi connectivity index (χ4n) is 1.64. The Hall–Kier alpha value is -2.63. The first kappa shape index (κ1) is 12.4. The quantitative estimate of drug-likeness (QED) is 0.781. The Morgan fingerprint density at radius 2 is 2.30 bits per heavy atom. The highest BCUT2D eigenvalue weighted by atomic mass is 16.5. The molecule has 2 aromatic rings. The lowest BCUT2D eigenvalue weighted by atomic mass is 10.2. The van der Waals surface area contributed by atoms with Gasteiger partial charge in [-0.2, -0.15) is 0 Å². The molecule has 6 heteroatoms. The first-order valence-electron chi connectivity index (χ1n) is 6.56. The van der Waals surface area contributed by atoms with Gasteiger partial charge in [0.1, 0.15) is 12.9 Å². The van der Waals surface area contributed by atoms with Gasteiger partial charge in [0.2, 0.25) is 0 Å². The molecule has 1 atom stereocenters. The zero-order valence-electron chi connectivity index (χ0n) is 11.7. The molecule has 1 aromatic heterocycles. The molecule has 0 unspecified atom stereocenters. The maximum Gasteiger partial charge on any atom is 0.408 e. The summed E-state index contributed by atoms with van der Waals surface area (Å²) >= 11 is 0. The first-order chi connectivity index (χ1) is 10.2. The summed E-state index contributed by atoms with van der Waals surface area (Å²) in [7, 11) is 0. The average Bonchev–Trinajstić information content (AvgIpc) is 3.03. The molecule has 1 aromatic carbocycles. The Morgan fingerprint density at radius 3 is 2.95 bits per heavy atom. The number of carbonyl (C=O) groups excluding carboxylic acids is 2. The number of H-pyrrole nitrogens is 1. The standard InChI is InChI=1S/C14H15N3O3/c18-8-13(6-12-7-15-10-16-12)17-14(19)20-9-11-4-2-1-3-5-11/h1-5,7-8,10,13H,6,9H2,(H,15,16)(H,17,19)/t13-/m0/s1/i/hD. The second kappa shape index (κ2) is 7.08. The van der Waals surface area contributed by atoms with Gasteiger partial charge in [-0.1, -0.05) is 30.3 Å². The Labute approximate surface area is 117 Å². The van der Waals surface area contributed by atoms with E-state index in [0.717, 1.165) is 5.56 Å². The summed E-state index contributed by atoms with van der Waals surface area (Å²) in [6, 6.07) is 8.21. The summed E-state index contributed by atoms with van der Waals surface area (Å²) in [6.07, 6.45) is 2.87. The predicted molar refractivity (Wildman–Crippen MR) is 71.9 cm³/mol. The molecular formula is C14H15N3O3. The van der Waals surface area contributed by atoms with Crippen LogP contribution in [0.5, 0.6) is 0 Å². The van der Waals surface area contributed by atoms with Crippen LogP contribution in [0.2, 0.25) is 1.41 Å². The number of hydrogen-bond donors (Lipinski definition) is 2. The number of carbonyl (C=O) groups is 2. The van der Waals surface area contributed by atoms with Crippen LogP contribution in [0.15, 0.2) is 42.9 Å². The number of aromatic nitrogens is 2. The molecule has 0 bridgehead atoms. The lowest BCUT2D eigenvalue weighted by molar-refractivity contribution is -0.109. The molecule has 0 aliphatic rings. The lowest BCUT2D eigenvalue weighted by Crippen LogP contribution is -2.38. The molecule has 20 heavy (non-hydrogen) atoms. The highest BCUT2D eigenvalue weighted by Gasteiger charge is 2.13. The highest BCUT2D eigenvalue weighted by molar-refractivity contribution is 5.73. The zero-order valence-corrected chi connectivity index (χ0v) is 10.7. The number of amides is 1. The number of nitrogens with zero attached hydrogens (tertiary/aromatic N) is 1. The SMILES string of the molecule is [2H]N(C(=O)OCc1ccccc1)[C@H](C=O)Cc1cnc[nH]1. The van der Waals surface area contributed by atoms with Crippen molar-refractivity contribution in [3.63, 3.8) is 0 Å². The van der Waals surface area contributed by atoms with Crippen molar-refractivity contribution in [2.24, 2.45) is 0 Å². The van der Waals surface area contributed by atoms with Crippen molar-refractivity contribution >= 4 is 12.4 Å². The molecule has 0 aliphatic heterocycles. The minimum atomic E-state index is -0.922. The maximum atomic E-state index is 11.8. The third-order valence-electron chi connectivity index (χ3n) is 2.62. The molecule has 2 rings (SSSR count). The van der Waals surface area contributed by atoms with Gasteiger partial charge in [-0.05, 0) is 5.56 Å². The number of aromatic amines is 1. The molecule has 0 saturated heterocycles. The van der Waals surface area contributed by atoms with Crippen molar-refractivity contribution < 1.29 is 15.7 Å². The number of ether oxygens (including phenoxy) is 1. The summed E-state index contributed by atoms with van der Waals surface area (Å²) in [5.74, 6) is 0. The summed E-state index contributed by atoms with van der Waals surface area (Å²) in [5.41, 5.74) is 1.48. The second-order valence-corrected chi connectivity index (χ2v) is 4.15. The molecule has 6 nitrogen and oxygen atoms in total. The minimum absolute atomic E-state index is 0.0602. The normalized spacial score (nSPS) is 12.3. The first-order valence-corrected chi connectivity index (χ1v) is 6.12. The van der Waals surface area contributed by atoms with Crippen LogP contribution in [0, 0.1) is 0 Å². The molecule has 1 heterocycles. The van der Waals surface area contributed by atoms with Gasteiger partial charge in [-0.3, -0.25) is 0 Å². The molecule has 0 radical (unpaired) electrons. The van der Waals surface area contributed by atoms with Gasteiger partial charge in [0, 0.05) is 18.3 Å². The van der Waals surface area contributed by atoms with Gasteiger partial charge in [0.05, 0.1) is 12.4 Å². The predicted octanol–water partition coefficient (Wildman–Crippen LogP) is 1.45. The molecule has 0 saturated carbocycles. The smallest absolute Gasteiger partial charge is 0.408 e. The van der Waals surface area contributed by atoms with Gasteiger partial charge in [-0.25, -0.2) is 9.78 Å². The van der Waals surface area contributed by atoms with E-state index in [1.54, 1.807) is 6.20 Å². The van der Waals surface area contributed by atoms with Crippen LogP contribution < -0.4 is 5.31 Å². The van der Waals surface area contributed by atoms with Gasteiger partial charge < -0.3 is 19.8 Å². The van der Waals surface area contributed by atoms with Gasteiger partial charge in [0.25, 0.3) is 0 Å². The topological polar surface area (TPSA) is 84.1 Å². The number of nitrogens with one attached hydrogen (secondary N) is 2. The van der Waals surface area contributed by atoms with Crippen molar-refractivity contribution in [3.8, 4) is 0 Å². The van der Waals surface area contributed by atoms with E-state index in [-0.39, 0.29) is 13.0 Å². The Bertz CT molecular complexity index is 574. The zero-order chi connectivity index (χ0) is 15.1. The van der Waals surface area contributed by atoms with E-state index in [9.17, 15) is 9.59 Å². The van der Waals surface area contributed by atoms with Crippen LogP contribution >= 0.6 is 0 Å². The van der Waals surface area contributed by atoms with Crippen molar-refractivity contribution in [2.75, 3.05) is 0 Å². The van der Waals surface area contributed by atoms with Crippen LogP contribution in [0.1, 0.15) is 11.3 Å². The van der Waals surface area contributed by atoms with Crippen LogP contribution in [0.3, 0.4) is 0 Å². The summed E-state index contributed by atoms with van der Waals surface area (Å²) in [4.78, 5) is 29.5. The number of imidazole rings is 1. The number of alkyl carbamates (subject to hydrolysis) is 1. The summed E-state index contributed by atoms with van der Waals surface area (Å²) < 4.78 is 12.7. The molecule has 1 amide bonds. The fraction of sp³-hybridized carbons (Fsp3) is 0.214. The van der Waals surface area contributed by atoms with Crippen molar-refractivity contribution in [1.82, 2.24) is 15.3 Å². The second-order valence-electron chi connectivity index (χ2n) is 4.15. The molecule has 104 valence electrons. The molecule has 0 fully saturated rings. The minimum Gasteiger partial charge on any atom is -0.445 e. The van der Waals surface area contributed by atoms with Crippen molar-refractivity contribution in [1.29, 1.82) is 0 Å². The van der Waals surface area contributed by atoms with E-state index >= 15 is 0 Å². The molecular weight excluding hydrogens is 258 g/mol. The Balaban J connectivity index is 1.89. The fourth-order valence-corrected chi connectivity index (χ4v) is 1.64. The summed E-state index contributed by atoms with van der Waals surface area (Å²) in [6.45, 7) is 0.0602. The highest BCUT2D eigenvalue weighted by Crippen LogP contribution is 2.01. The molecule has 0 aliphatic carbocycles. The average molecular weight is 274 g/mol. The van der Waals surface area contributed by atoms with Gasteiger partial charge in [0.15, 0.2) is 1.41 Å². The van der Waals surface area contributed by atoms with E-state index < -0.39 is 12.1 Å². The number of aldehydes is 1. The van der Waals surface area contributed by atoms with Crippen molar-refractivity contribution in [3.05, 3.63) is 54.1 Å². The van der Waals surface area contributed by atoms with E-state index in [2.05, 4.69) is 9.97 Å². The number of hydrogen-bond acceptors (Lipinski definition) is 4. The number of benzene rings is 1. The molecule has 0 spiro atoms. The van der Waals surface area contributed by atoms with E-state index in [1.165, 1.54) is 6.33 Å². The number of rotatable bonds is 6. The van der Waals surface area contributed by atoms with Gasteiger partial charge in [-0.15, -0.1) is 0 Å². The monoisotopic (exact) mass is 274 g/mol. The molecule has 2 N–H and O–H groups in total. The van der Waals surface area contributed by atoms with Crippen molar-refractivity contribution in [2.45, 2.75) is 19.1 Å². The van der Waals surface area contributed by atoms with Crippen LogP contribution in [0.4, 0.5) is 4.79 Å². The van der Waals surface area contributed by atoms with Crippen LogP contribution in [-0.4, -0.2) is 28.4 Å². The van der Waals surface area contributed by atoms with Crippen LogP contribution in [-0.2, 0) is 22.6 Å². The van der Waals surface area contributed by atoms with Gasteiger partial charge >= 0.3 is 6.09 Å². The summed E-state index contributed by atoms with van der Waals surface area (Å²) in [5, 5.41) is 0.538. The Morgan fingerprint density at radius 1 is 1.50 bits per heavy atom. The largest absolute Gasteiger partial charge is 0.445 e. The third-order valence-corrected chi connectivity index (χ3v) is 2.62. The van der Waals surface area contributed by atoms with E-state index in [1.807, 2.05) is 30.3 Å². The third kappa shape index (κ3) is 4.24.